The summed E-state index contributed by atoms with van der Waals surface area (Å²) < 4.78 is 23.0. The Morgan fingerprint density at radius 3 is 2.92 bits per heavy atom. The second kappa shape index (κ2) is 6.79. The van der Waals surface area contributed by atoms with Crippen molar-refractivity contribution < 1.29 is 18.0 Å². The van der Waals surface area contributed by atoms with Crippen molar-refractivity contribution in [3.63, 3.8) is 0 Å². The highest BCUT2D eigenvalue weighted by atomic mass is 32.2. The maximum atomic E-state index is 12.4. The predicted octanol–water partition coefficient (Wildman–Crippen LogP) is 1.38. The van der Waals surface area contributed by atoms with E-state index in [1.807, 2.05) is 17.5 Å². The number of rotatable bonds is 4. The molecule has 0 bridgehead atoms. The van der Waals surface area contributed by atoms with E-state index >= 15 is 0 Å². The average Bonchev–Trinajstić information content (AvgIpc) is 3.17. The maximum absolute atomic E-state index is 12.4. The van der Waals surface area contributed by atoms with Gasteiger partial charge in [-0.2, -0.15) is 0 Å². The van der Waals surface area contributed by atoms with Crippen LogP contribution >= 0.6 is 35.3 Å². The van der Waals surface area contributed by atoms with E-state index in [2.05, 4.69) is 5.32 Å². The van der Waals surface area contributed by atoms with Crippen molar-refractivity contribution in [1.29, 1.82) is 0 Å². The SMILES string of the molecule is O=C(CN1C(=O)/C(=C\c2cccs2)SC1=S)N[C@@H]1C=CS(=O)(=O)C1. The molecule has 1 fully saturated rings. The Morgan fingerprint density at radius 1 is 1.50 bits per heavy atom. The minimum atomic E-state index is -3.24. The topological polar surface area (TPSA) is 83.6 Å². The molecule has 1 aromatic rings. The quantitative estimate of drug-likeness (QED) is 0.607. The number of nitrogens with one attached hydrogen (secondary N) is 1. The molecule has 0 aromatic carbocycles. The van der Waals surface area contributed by atoms with Crippen LogP contribution in [-0.2, 0) is 19.4 Å². The van der Waals surface area contributed by atoms with Crippen molar-refractivity contribution in [2.24, 2.45) is 0 Å². The van der Waals surface area contributed by atoms with Gasteiger partial charge in [-0.05, 0) is 23.6 Å². The van der Waals surface area contributed by atoms with Crippen molar-refractivity contribution in [1.82, 2.24) is 10.2 Å². The molecule has 10 heteroatoms. The van der Waals surface area contributed by atoms with Gasteiger partial charge in [0.2, 0.25) is 5.91 Å². The van der Waals surface area contributed by atoms with Gasteiger partial charge in [0.1, 0.15) is 10.9 Å². The lowest BCUT2D eigenvalue weighted by Gasteiger charge is -2.16. The van der Waals surface area contributed by atoms with E-state index < -0.39 is 21.8 Å². The van der Waals surface area contributed by atoms with E-state index in [0.717, 1.165) is 22.0 Å². The van der Waals surface area contributed by atoms with Crippen LogP contribution in [0.2, 0.25) is 0 Å². The van der Waals surface area contributed by atoms with Gasteiger partial charge in [0, 0.05) is 10.3 Å². The average molecular weight is 401 g/mol. The number of thiocarbonyl (C=S) groups is 1. The zero-order valence-electron chi connectivity index (χ0n) is 12.2. The summed E-state index contributed by atoms with van der Waals surface area (Å²) in [7, 11) is -3.24. The van der Waals surface area contributed by atoms with Gasteiger partial charge >= 0.3 is 0 Å². The van der Waals surface area contributed by atoms with Crippen molar-refractivity contribution >= 4 is 67.4 Å². The van der Waals surface area contributed by atoms with Crippen molar-refractivity contribution in [3.8, 4) is 0 Å². The second-order valence-electron chi connectivity index (χ2n) is 5.12. The fourth-order valence-corrected chi connectivity index (χ4v) is 5.41. The molecule has 6 nitrogen and oxygen atoms in total. The maximum Gasteiger partial charge on any atom is 0.266 e. The number of hydrogen-bond donors (Lipinski definition) is 1. The Balaban J connectivity index is 1.63. The Bertz CT molecular complexity index is 855. The molecule has 2 aliphatic rings. The van der Waals surface area contributed by atoms with Gasteiger partial charge in [-0.15, -0.1) is 11.3 Å². The van der Waals surface area contributed by atoms with Gasteiger partial charge in [-0.25, -0.2) is 8.42 Å². The smallest absolute Gasteiger partial charge is 0.266 e. The van der Waals surface area contributed by atoms with Gasteiger partial charge in [0.05, 0.1) is 16.7 Å². The fourth-order valence-electron chi connectivity index (χ4n) is 2.20. The Labute approximate surface area is 152 Å². The number of hydrogen-bond acceptors (Lipinski definition) is 7. The lowest BCUT2D eigenvalue weighted by atomic mass is 10.3. The monoisotopic (exact) mass is 400 g/mol. The molecule has 0 radical (unpaired) electrons. The van der Waals surface area contributed by atoms with Crippen LogP contribution in [0, 0.1) is 0 Å². The first kappa shape index (κ1) is 17.3. The highest BCUT2D eigenvalue weighted by molar-refractivity contribution is 8.26. The molecular formula is C14H12N2O4S4. The summed E-state index contributed by atoms with van der Waals surface area (Å²) in [5.41, 5.74) is 0. The Morgan fingerprint density at radius 2 is 2.29 bits per heavy atom. The van der Waals surface area contributed by atoms with Gasteiger partial charge in [-0.1, -0.05) is 30.0 Å². The lowest BCUT2D eigenvalue weighted by Crippen LogP contribution is -2.43. The third kappa shape index (κ3) is 3.94. The molecular weight excluding hydrogens is 388 g/mol. The summed E-state index contributed by atoms with van der Waals surface area (Å²) in [6.45, 7) is -0.225. The van der Waals surface area contributed by atoms with E-state index in [9.17, 15) is 18.0 Å². The molecule has 0 saturated carbocycles. The number of sulfone groups is 1. The summed E-state index contributed by atoms with van der Waals surface area (Å²) in [4.78, 5) is 27.1. The number of carbonyl (C=O) groups excluding carboxylic acids is 2. The van der Waals surface area contributed by atoms with Crippen LogP contribution in [0.5, 0.6) is 0 Å². The fraction of sp³-hybridized carbons (Fsp3) is 0.214. The van der Waals surface area contributed by atoms with Crippen LogP contribution in [0.15, 0.2) is 33.9 Å². The summed E-state index contributed by atoms with van der Waals surface area (Å²) in [5, 5.41) is 5.57. The number of nitrogens with zero attached hydrogens (tertiary/aromatic N) is 1. The molecule has 1 atom stereocenters. The highest BCUT2D eigenvalue weighted by Crippen LogP contribution is 2.33. The van der Waals surface area contributed by atoms with Crippen LogP contribution in [-0.4, -0.2) is 47.8 Å². The van der Waals surface area contributed by atoms with Crippen LogP contribution in [0.4, 0.5) is 0 Å². The van der Waals surface area contributed by atoms with E-state index in [0.29, 0.717) is 9.23 Å². The van der Waals surface area contributed by atoms with Gasteiger partial charge in [0.15, 0.2) is 9.84 Å². The third-order valence-electron chi connectivity index (χ3n) is 3.27. The predicted molar refractivity (Wildman–Crippen MR) is 99.1 cm³/mol. The van der Waals surface area contributed by atoms with Crippen LogP contribution in [0.25, 0.3) is 6.08 Å². The molecule has 0 aliphatic carbocycles. The zero-order chi connectivity index (χ0) is 17.3. The molecule has 2 aliphatic heterocycles. The Kier molecular flexibility index (Phi) is 4.90. The molecule has 2 amide bonds. The molecule has 3 rings (SSSR count). The molecule has 0 spiro atoms. The van der Waals surface area contributed by atoms with Gasteiger partial charge in [-0.3, -0.25) is 14.5 Å². The first-order valence-electron chi connectivity index (χ1n) is 6.83. The molecule has 1 aromatic heterocycles. The normalized spacial score (nSPS) is 24.1. The van der Waals surface area contributed by atoms with Crippen molar-refractivity contribution in [2.45, 2.75) is 6.04 Å². The van der Waals surface area contributed by atoms with Gasteiger partial charge < -0.3 is 5.32 Å². The van der Waals surface area contributed by atoms with E-state index in [1.54, 1.807) is 6.08 Å². The first-order chi connectivity index (χ1) is 11.3. The lowest BCUT2D eigenvalue weighted by molar-refractivity contribution is -0.128. The molecule has 126 valence electrons. The van der Waals surface area contributed by atoms with Crippen LogP contribution in [0.3, 0.4) is 0 Å². The minimum Gasteiger partial charge on any atom is -0.347 e. The minimum absolute atomic E-state index is 0.157. The summed E-state index contributed by atoms with van der Waals surface area (Å²) in [6.07, 6.45) is 3.17. The summed E-state index contributed by atoms with van der Waals surface area (Å²) in [6, 6.07) is 3.20. The standard InChI is InChI=1S/C14H12N2O4S4/c17-12(15-9-3-5-24(19,20)8-9)7-16-13(18)11(23-14(16)21)6-10-2-1-4-22-10/h1-6,9H,7-8H2,(H,15,17)/b11-6+/t9-/m1/s1. The number of thioether (sulfide) groups is 1. The Hall–Kier alpha value is -1.49. The number of amides is 2. The van der Waals surface area contributed by atoms with Crippen LogP contribution < -0.4 is 5.32 Å². The van der Waals surface area contributed by atoms with Crippen molar-refractivity contribution in [3.05, 3.63) is 38.8 Å². The second-order valence-corrected chi connectivity index (χ2v) is 9.70. The summed E-state index contributed by atoms with van der Waals surface area (Å²) in [5.74, 6) is -0.923. The highest BCUT2D eigenvalue weighted by Gasteiger charge is 2.34. The van der Waals surface area contributed by atoms with E-state index in [4.69, 9.17) is 12.2 Å². The van der Waals surface area contributed by atoms with Gasteiger partial charge in [0.25, 0.3) is 5.91 Å². The first-order valence-corrected chi connectivity index (χ1v) is 10.7. The number of carbonyl (C=O) groups is 2. The molecule has 1 saturated heterocycles. The van der Waals surface area contributed by atoms with E-state index in [1.165, 1.54) is 22.3 Å². The van der Waals surface area contributed by atoms with E-state index in [-0.39, 0.29) is 18.2 Å². The third-order valence-corrected chi connectivity index (χ3v) is 6.86. The molecule has 24 heavy (non-hydrogen) atoms. The zero-order valence-corrected chi connectivity index (χ0v) is 15.4. The summed E-state index contributed by atoms with van der Waals surface area (Å²) >= 11 is 7.82. The largest absolute Gasteiger partial charge is 0.347 e. The molecule has 1 N–H and O–H groups in total. The van der Waals surface area contributed by atoms with Crippen molar-refractivity contribution in [2.75, 3.05) is 12.3 Å². The molecule has 0 unspecified atom stereocenters. The number of thiophene rings is 1. The molecule has 3 heterocycles. The van der Waals surface area contributed by atoms with Crippen LogP contribution in [0.1, 0.15) is 4.88 Å².